The third kappa shape index (κ3) is 2.98. The summed E-state index contributed by atoms with van der Waals surface area (Å²) in [6.45, 7) is 5.77. The van der Waals surface area contributed by atoms with Crippen LogP contribution in [0.1, 0.15) is 56.8 Å². The molecule has 0 spiro atoms. The van der Waals surface area contributed by atoms with Gasteiger partial charge in [-0.2, -0.15) is 0 Å². The number of aryl methyl sites for hydroxylation is 1. The quantitative estimate of drug-likeness (QED) is 0.896. The van der Waals surface area contributed by atoms with Crippen molar-refractivity contribution in [3.63, 3.8) is 0 Å². The Kier molecular flexibility index (Phi) is 4.69. The van der Waals surface area contributed by atoms with Crippen LogP contribution in [0, 0.1) is 18.7 Å². The molecule has 0 bridgehead atoms. The number of aliphatic hydroxyl groups excluding tert-OH is 1. The topological polar surface area (TPSA) is 23.5 Å². The standard InChI is InChI=1S/C17H26FNO/c1-11-7-5-6-8-16(11)19(4)17-9-12(2)15(18)10-14(17)13(3)20/h9-11,13,16,20H,5-8H2,1-4H3/t11?,13-,16?/m1/s1. The summed E-state index contributed by atoms with van der Waals surface area (Å²) in [5, 5.41) is 9.94. The van der Waals surface area contributed by atoms with Crippen LogP contribution in [0.2, 0.25) is 0 Å². The highest BCUT2D eigenvalue weighted by atomic mass is 19.1. The first-order chi connectivity index (χ1) is 9.41. The first-order valence-electron chi connectivity index (χ1n) is 7.62. The van der Waals surface area contributed by atoms with Gasteiger partial charge in [0, 0.05) is 24.3 Å². The molecular formula is C17H26FNO. The zero-order valence-corrected chi connectivity index (χ0v) is 13.0. The molecule has 2 rings (SSSR count). The monoisotopic (exact) mass is 279 g/mol. The number of halogens is 1. The highest BCUT2D eigenvalue weighted by Crippen LogP contribution is 2.35. The number of anilines is 1. The lowest BCUT2D eigenvalue weighted by Gasteiger charge is -2.39. The number of benzene rings is 1. The summed E-state index contributed by atoms with van der Waals surface area (Å²) in [5.74, 6) is 0.399. The minimum absolute atomic E-state index is 0.241. The average Bonchev–Trinajstić information content (AvgIpc) is 2.41. The van der Waals surface area contributed by atoms with E-state index in [1.54, 1.807) is 13.8 Å². The molecule has 1 aromatic rings. The van der Waals surface area contributed by atoms with Gasteiger partial charge < -0.3 is 10.0 Å². The Morgan fingerprint density at radius 2 is 1.95 bits per heavy atom. The minimum Gasteiger partial charge on any atom is -0.389 e. The maximum atomic E-state index is 13.8. The van der Waals surface area contributed by atoms with Crippen LogP contribution < -0.4 is 4.90 Å². The predicted molar refractivity (Wildman–Crippen MR) is 81.6 cm³/mol. The van der Waals surface area contributed by atoms with Gasteiger partial charge in [-0.25, -0.2) is 4.39 Å². The molecule has 0 amide bonds. The molecule has 2 unspecified atom stereocenters. The highest BCUT2D eigenvalue weighted by Gasteiger charge is 2.27. The van der Waals surface area contributed by atoms with Crippen LogP contribution in [-0.4, -0.2) is 18.2 Å². The molecule has 1 N–H and O–H groups in total. The summed E-state index contributed by atoms with van der Waals surface area (Å²) in [4.78, 5) is 2.25. The fourth-order valence-electron chi connectivity index (χ4n) is 3.37. The van der Waals surface area contributed by atoms with E-state index in [1.165, 1.54) is 31.7 Å². The maximum Gasteiger partial charge on any atom is 0.126 e. The predicted octanol–water partition coefficient (Wildman–Crippen LogP) is 4.20. The third-order valence-corrected chi connectivity index (χ3v) is 4.70. The molecule has 0 aromatic heterocycles. The molecule has 1 aliphatic rings. The van der Waals surface area contributed by atoms with E-state index in [0.717, 1.165) is 5.69 Å². The van der Waals surface area contributed by atoms with Gasteiger partial charge in [0.25, 0.3) is 0 Å². The molecular weight excluding hydrogens is 253 g/mol. The molecule has 0 aliphatic heterocycles. The average molecular weight is 279 g/mol. The van der Waals surface area contributed by atoms with Gasteiger partial charge >= 0.3 is 0 Å². The van der Waals surface area contributed by atoms with Crippen molar-refractivity contribution < 1.29 is 9.50 Å². The van der Waals surface area contributed by atoms with E-state index < -0.39 is 6.10 Å². The van der Waals surface area contributed by atoms with Gasteiger partial charge in [0.15, 0.2) is 0 Å². The van der Waals surface area contributed by atoms with E-state index in [1.807, 2.05) is 6.07 Å². The van der Waals surface area contributed by atoms with Crippen molar-refractivity contribution in [1.29, 1.82) is 0 Å². The number of rotatable bonds is 3. The van der Waals surface area contributed by atoms with Crippen LogP contribution in [-0.2, 0) is 0 Å². The van der Waals surface area contributed by atoms with Crippen LogP contribution in [0.3, 0.4) is 0 Å². The normalized spacial score (nSPS) is 24.5. The first kappa shape index (κ1) is 15.3. The van der Waals surface area contributed by atoms with Crippen LogP contribution in [0.15, 0.2) is 12.1 Å². The summed E-state index contributed by atoms with van der Waals surface area (Å²) in [5.41, 5.74) is 2.30. The SMILES string of the molecule is Cc1cc(N(C)C2CCCCC2C)c([C@@H](C)O)cc1F. The summed E-state index contributed by atoms with van der Waals surface area (Å²) < 4.78 is 13.8. The second-order valence-corrected chi connectivity index (χ2v) is 6.28. The second kappa shape index (κ2) is 6.13. The molecule has 1 aromatic carbocycles. The summed E-state index contributed by atoms with van der Waals surface area (Å²) in [7, 11) is 2.07. The van der Waals surface area contributed by atoms with E-state index >= 15 is 0 Å². The van der Waals surface area contributed by atoms with Crippen molar-refractivity contribution >= 4 is 5.69 Å². The van der Waals surface area contributed by atoms with Crippen molar-refractivity contribution in [2.45, 2.75) is 58.6 Å². The molecule has 0 saturated heterocycles. The van der Waals surface area contributed by atoms with Gasteiger partial charge in [-0.05, 0) is 50.3 Å². The van der Waals surface area contributed by atoms with E-state index in [4.69, 9.17) is 0 Å². The zero-order valence-electron chi connectivity index (χ0n) is 13.0. The molecule has 1 fully saturated rings. The van der Waals surface area contributed by atoms with E-state index in [9.17, 15) is 9.50 Å². The van der Waals surface area contributed by atoms with E-state index in [0.29, 0.717) is 23.1 Å². The van der Waals surface area contributed by atoms with Crippen molar-refractivity contribution in [2.24, 2.45) is 5.92 Å². The third-order valence-electron chi connectivity index (χ3n) is 4.70. The lowest BCUT2D eigenvalue weighted by atomic mass is 9.84. The van der Waals surface area contributed by atoms with Gasteiger partial charge in [-0.15, -0.1) is 0 Å². The molecule has 1 aliphatic carbocycles. The highest BCUT2D eigenvalue weighted by molar-refractivity contribution is 5.57. The van der Waals surface area contributed by atoms with Gasteiger partial charge in [-0.1, -0.05) is 19.8 Å². The van der Waals surface area contributed by atoms with Crippen molar-refractivity contribution in [2.75, 3.05) is 11.9 Å². The molecule has 2 nitrogen and oxygen atoms in total. The van der Waals surface area contributed by atoms with Crippen LogP contribution in [0.4, 0.5) is 10.1 Å². The smallest absolute Gasteiger partial charge is 0.126 e. The largest absolute Gasteiger partial charge is 0.389 e. The molecule has 1 saturated carbocycles. The first-order valence-corrected chi connectivity index (χ1v) is 7.62. The Bertz CT molecular complexity index is 472. The fourth-order valence-corrected chi connectivity index (χ4v) is 3.37. The van der Waals surface area contributed by atoms with Gasteiger partial charge in [-0.3, -0.25) is 0 Å². The molecule has 20 heavy (non-hydrogen) atoms. The summed E-state index contributed by atoms with van der Waals surface area (Å²) >= 11 is 0. The van der Waals surface area contributed by atoms with Gasteiger partial charge in [0.05, 0.1) is 6.10 Å². The Morgan fingerprint density at radius 1 is 1.30 bits per heavy atom. The maximum absolute atomic E-state index is 13.8. The Balaban J connectivity index is 2.37. The second-order valence-electron chi connectivity index (χ2n) is 6.28. The minimum atomic E-state index is -0.651. The lowest BCUT2D eigenvalue weighted by molar-refractivity contribution is 0.198. The molecule has 0 heterocycles. The lowest BCUT2D eigenvalue weighted by Crippen LogP contribution is -2.39. The zero-order chi connectivity index (χ0) is 14.9. The number of hydrogen-bond donors (Lipinski definition) is 1. The fraction of sp³-hybridized carbons (Fsp3) is 0.647. The molecule has 112 valence electrons. The van der Waals surface area contributed by atoms with Crippen LogP contribution >= 0.6 is 0 Å². The number of hydrogen-bond acceptors (Lipinski definition) is 2. The summed E-state index contributed by atoms with van der Waals surface area (Å²) in [6.07, 6.45) is 4.33. The number of aliphatic hydroxyl groups is 1. The van der Waals surface area contributed by atoms with Gasteiger partial charge in [0.2, 0.25) is 0 Å². The summed E-state index contributed by atoms with van der Waals surface area (Å²) in [6, 6.07) is 3.84. The molecule has 3 heteroatoms. The van der Waals surface area contributed by atoms with E-state index in [-0.39, 0.29) is 5.82 Å². The van der Waals surface area contributed by atoms with Crippen molar-refractivity contribution in [3.8, 4) is 0 Å². The Labute approximate surface area is 121 Å². The van der Waals surface area contributed by atoms with Crippen molar-refractivity contribution in [3.05, 3.63) is 29.1 Å². The Hall–Kier alpha value is -1.09. The number of nitrogens with zero attached hydrogens (tertiary/aromatic N) is 1. The van der Waals surface area contributed by atoms with E-state index in [2.05, 4.69) is 18.9 Å². The molecule has 3 atom stereocenters. The van der Waals surface area contributed by atoms with Crippen molar-refractivity contribution in [1.82, 2.24) is 0 Å². The Morgan fingerprint density at radius 3 is 2.55 bits per heavy atom. The van der Waals surface area contributed by atoms with Gasteiger partial charge in [0.1, 0.15) is 5.82 Å². The molecule has 0 radical (unpaired) electrons. The van der Waals surface area contributed by atoms with Crippen LogP contribution in [0.5, 0.6) is 0 Å². The van der Waals surface area contributed by atoms with Crippen LogP contribution in [0.25, 0.3) is 0 Å².